The smallest absolute Gasteiger partial charge is 0.130 e. The first-order chi connectivity index (χ1) is 6.70. The Bertz CT molecular complexity index is 480. The quantitative estimate of drug-likeness (QED) is 0.735. The lowest BCUT2D eigenvalue weighted by atomic mass is 10.1. The number of aromatic nitrogens is 1. The van der Waals surface area contributed by atoms with Crippen LogP contribution in [-0.2, 0) is 6.54 Å². The van der Waals surface area contributed by atoms with Crippen LogP contribution in [0.4, 0.5) is 4.39 Å². The van der Waals surface area contributed by atoms with Gasteiger partial charge in [-0.25, -0.2) is 9.37 Å². The predicted molar refractivity (Wildman–Crippen MR) is 54.6 cm³/mol. The van der Waals surface area contributed by atoms with E-state index in [4.69, 9.17) is 17.3 Å². The highest BCUT2D eigenvalue weighted by atomic mass is 35.5. The zero-order valence-corrected chi connectivity index (χ0v) is 8.05. The molecular formula is C10H8ClFN2. The van der Waals surface area contributed by atoms with Crippen LogP contribution in [0, 0.1) is 5.82 Å². The van der Waals surface area contributed by atoms with Crippen molar-refractivity contribution in [2.24, 2.45) is 5.73 Å². The van der Waals surface area contributed by atoms with E-state index in [2.05, 4.69) is 4.98 Å². The standard InChI is InChI=1S/C10H8ClFN2/c11-10-3-6(5-13)8-2-1-7(12)4-9(8)14-10/h1-4H,5,13H2. The molecule has 72 valence electrons. The Kier molecular flexibility index (Phi) is 2.35. The molecule has 2 nitrogen and oxygen atoms in total. The summed E-state index contributed by atoms with van der Waals surface area (Å²) in [5, 5.41) is 1.18. The van der Waals surface area contributed by atoms with Crippen molar-refractivity contribution >= 4 is 22.5 Å². The van der Waals surface area contributed by atoms with Crippen molar-refractivity contribution in [2.45, 2.75) is 6.54 Å². The summed E-state index contributed by atoms with van der Waals surface area (Å²) in [4.78, 5) is 4.01. The van der Waals surface area contributed by atoms with E-state index in [1.807, 2.05) is 0 Å². The third kappa shape index (κ3) is 1.56. The fourth-order valence-corrected chi connectivity index (χ4v) is 1.63. The molecule has 2 rings (SSSR count). The second kappa shape index (κ2) is 3.52. The van der Waals surface area contributed by atoms with Crippen molar-refractivity contribution in [3.63, 3.8) is 0 Å². The van der Waals surface area contributed by atoms with Crippen molar-refractivity contribution in [1.82, 2.24) is 4.98 Å². The van der Waals surface area contributed by atoms with Crippen LogP contribution in [0.3, 0.4) is 0 Å². The van der Waals surface area contributed by atoms with Gasteiger partial charge >= 0.3 is 0 Å². The Morgan fingerprint density at radius 1 is 1.36 bits per heavy atom. The van der Waals surface area contributed by atoms with Gasteiger partial charge in [0, 0.05) is 18.0 Å². The molecule has 0 aliphatic heterocycles. The summed E-state index contributed by atoms with van der Waals surface area (Å²) in [5.41, 5.74) is 6.96. The lowest BCUT2D eigenvalue weighted by Crippen LogP contribution is -1.98. The molecule has 0 atom stereocenters. The van der Waals surface area contributed by atoms with Crippen molar-refractivity contribution in [3.05, 3.63) is 40.8 Å². The Hall–Kier alpha value is -1.19. The number of pyridine rings is 1. The fourth-order valence-electron chi connectivity index (χ4n) is 1.41. The summed E-state index contributed by atoms with van der Waals surface area (Å²) in [6, 6.07) is 6.09. The Balaban J connectivity index is 2.81. The second-order valence-corrected chi connectivity index (χ2v) is 3.36. The van der Waals surface area contributed by atoms with Crippen LogP contribution in [0.25, 0.3) is 10.9 Å². The number of halogens is 2. The molecule has 2 N–H and O–H groups in total. The SMILES string of the molecule is NCc1cc(Cl)nc2cc(F)ccc12. The minimum atomic E-state index is -0.324. The monoisotopic (exact) mass is 210 g/mol. The van der Waals surface area contributed by atoms with Gasteiger partial charge in [-0.05, 0) is 23.8 Å². The lowest BCUT2D eigenvalue weighted by Gasteiger charge is -2.04. The van der Waals surface area contributed by atoms with Gasteiger partial charge in [0.15, 0.2) is 0 Å². The van der Waals surface area contributed by atoms with Gasteiger partial charge in [0.1, 0.15) is 11.0 Å². The second-order valence-electron chi connectivity index (χ2n) is 2.97. The molecule has 14 heavy (non-hydrogen) atoms. The molecule has 0 saturated carbocycles. The summed E-state index contributed by atoms with van der Waals surface area (Å²) in [5.74, 6) is -0.324. The molecule has 1 aromatic heterocycles. The van der Waals surface area contributed by atoms with Crippen LogP contribution in [0.15, 0.2) is 24.3 Å². The molecule has 0 bridgehead atoms. The van der Waals surface area contributed by atoms with E-state index >= 15 is 0 Å². The highest BCUT2D eigenvalue weighted by molar-refractivity contribution is 6.29. The van der Waals surface area contributed by atoms with Crippen molar-refractivity contribution in [1.29, 1.82) is 0 Å². The molecule has 0 unspecified atom stereocenters. The molecule has 0 aliphatic carbocycles. The third-order valence-electron chi connectivity index (χ3n) is 2.05. The number of fused-ring (bicyclic) bond motifs is 1. The number of hydrogen-bond donors (Lipinski definition) is 1. The van der Waals surface area contributed by atoms with Gasteiger partial charge in [-0.2, -0.15) is 0 Å². The first-order valence-corrected chi connectivity index (χ1v) is 4.53. The Morgan fingerprint density at radius 2 is 2.14 bits per heavy atom. The van der Waals surface area contributed by atoms with Gasteiger partial charge in [0.05, 0.1) is 5.52 Å². The summed E-state index contributed by atoms with van der Waals surface area (Å²) < 4.78 is 12.9. The first kappa shape index (κ1) is 9.37. The molecule has 0 aliphatic rings. The first-order valence-electron chi connectivity index (χ1n) is 4.15. The van der Waals surface area contributed by atoms with E-state index in [0.717, 1.165) is 10.9 Å². The van der Waals surface area contributed by atoms with Gasteiger partial charge in [0.2, 0.25) is 0 Å². The number of benzene rings is 1. The van der Waals surface area contributed by atoms with Crippen molar-refractivity contribution in [2.75, 3.05) is 0 Å². The van der Waals surface area contributed by atoms with E-state index in [1.54, 1.807) is 12.1 Å². The van der Waals surface area contributed by atoms with E-state index in [0.29, 0.717) is 17.2 Å². The Morgan fingerprint density at radius 3 is 2.86 bits per heavy atom. The highest BCUT2D eigenvalue weighted by Gasteiger charge is 2.04. The summed E-state index contributed by atoms with van der Waals surface area (Å²) in [7, 11) is 0. The van der Waals surface area contributed by atoms with Crippen LogP contribution in [0.5, 0.6) is 0 Å². The summed E-state index contributed by atoms with van der Waals surface area (Å²) in [6.07, 6.45) is 0. The van der Waals surface area contributed by atoms with Gasteiger partial charge in [-0.1, -0.05) is 11.6 Å². The van der Waals surface area contributed by atoms with Crippen LogP contribution < -0.4 is 5.73 Å². The number of nitrogens with zero attached hydrogens (tertiary/aromatic N) is 1. The number of hydrogen-bond acceptors (Lipinski definition) is 2. The van der Waals surface area contributed by atoms with Crippen molar-refractivity contribution in [3.8, 4) is 0 Å². The zero-order valence-electron chi connectivity index (χ0n) is 7.30. The average molecular weight is 211 g/mol. The van der Waals surface area contributed by atoms with Crippen LogP contribution in [-0.4, -0.2) is 4.98 Å². The van der Waals surface area contributed by atoms with Crippen LogP contribution >= 0.6 is 11.6 Å². The maximum Gasteiger partial charge on any atom is 0.130 e. The van der Waals surface area contributed by atoms with E-state index in [-0.39, 0.29) is 5.82 Å². The van der Waals surface area contributed by atoms with E-state index in [9.17, 15) is 4.39 Å². The van der Waals surface area contributed by atoms with Crippen LogP contribution in [0.2, 0.25) is 5.15 Å². The zero-order chi connectivity index (χ0) is 10.1. The molecule has 0 amide bonds. The minimum absolute atomic E-state index is 0.324. The molecule has 1 heterocycles. The number of nitrogens with two attached hydrogens (primary N) is 1. The summed E-state index contributed by atoms with van der Waals surface area (Å²) in [6.45, 7) is 0.365. The van der Waals surface area contributed by atoms with E-state index < -0.39 is 0 Å². The largest absolute Gasteiger partial charge is 0.326 e. The fraction of sp³-hybridized carbons (Fsp3) is 0.100. The van der Waals surface area contributed by atoms with Gasteiger partial charge < -0.3 is 5.73 Å². The van der Waals surface area contributed by atoms with Gasteiger partial charge in [-0.3, -0.25) is 0 Å². The Labute approximate surface area is 85.5 Å². The number of rotatable bonds is 1. The molecule has 0 saturated heterocycles. The molecule has 0 fully saturated rings. The highest BCUT2D eigenvalue weighted by Crippen LogP contribution is 2.21. The van der Waals surface area contributed by atoms with Crippen molar-refractivity contribution < 1.29 is 4.39 Å². The lowest BCUT2D eigenvalue weighted by molar-refractivity contribution is 0.629. The molecule has 2 aromatic rings. The van der Waals surface area contributed by atoms with Crippen LogP contribution in [0.1, 0.15) is 5.56 Å². The molecule has 0 spiro atoms. The topological polar surface area (TPSA) is 38.9 Å². The summed E-state index contributed by atoms with van der Waals surface area (Å²) >= 11 is 5.77. The predicted octanol–water partition coefficient (Wildman–Crippen LogP) is 2.49. The molecule has 1 aromatic carbocycles. The van der Waals surface area contributed by atoms with Gasteiger partial charge in [-0.15, -0.1) is 0 Å². The maximum atomic E-state index is 12.9. The normalized spacial score (nSPS) is 10.8. The van der Waals surface area contributed by atoms with Gasteiger partial charge in [0.25, 0.3) is 0 Å². The van der Waals surface area contributed by atoms with E-state index in [1.165, 1.54) is 12.1 Å². The maximum absolute atomic E-state index is 12.9. The average Bonchev–Trinajstić information content (AvgIpc) is 2.15. The third-order valence-corrected chi connectivity index (χ3v) is 2.24. The molecular weight excluding hydrogens is 203 g/mol. The molecule has 4 heteroatoms. The minimum Gasteiger partial charge on any atom is -0.326 e. The molecule has 0 radical (unpaired) electrons.